The van der Waals surface area contributed by atoms with Crippen molar-refractivity contribution in [1.29, 1.82) is 0 Å². The molecule has 1 heterocycles. The van der Waals surface area contributed by atoms with Crippen molar-refractivity contribution in [3.8, 4) is 0 Å². The van der Waals surface area contributed by atoms with Gasteiger partial charge in [0.05, 0.1) is 6.26 Å². The number of rotatable bonds is 0. The first kappa shape index (κ1) is 8.05. The molecule has 0 aromatic carbocycles. The third-order valence-electron chi connectivity index (χ3n) is 1.57. The maximum absolute atomic E-state index is 10.8. The standard InChI is InChI=1S/C9H12O2/c1-9(2,3)7-4-5-11-8(10)6-7/h4-6H,1-3H3. The van der Waals surface area contributed by atoms with Gasteiger partial charge in [-0.3, -0.25) is 0 Å². The molecule has 0 aliphatic rings. The van der Waals surface area contributed by atoms with Gasteiger partial charge in [0, 0.05) is 6.07 Å². The van der Waals surface area contributed by atoms with Gasteiger partial charge in [0.1, 0.15) is 0 Å². The quantitative estimate of drug-likeness (QED) is 0.568. The van der Waals surface area contributed by atoms with E-state index >= 15 is 0 Å². The molecular formula is C9H12O2. The molecule has 0 saturated heterocycles. The van der Waals surface area contributed by atoms with Gasteiger partial charge in [-0.15, -0.1) is 0 Å². The average Bonchev–Trinajstić information content (AvgIpc) is 1.86. The van der Waals surface area contributed by atoms with E-state index in [0.29, 0.717) is 0 Å². The van der Waals surface area contributed by atoms with Crippen LogP contribution in [0.5, 0.6) is 0 Å². The Bertz CT molecular complexity index is 291. The Morgan fingerprint density at radius 1 is 1.36 bits per heavy atom. The predicted molar refractivity (Wildman–Crippen MR) is 43.7 cm³/mol. The largest absolute Gasteiger partial charge is 0.431 e. The normalized spacial score (nSPS) is 11.5. The molecule has 1 aromatic heterocycles. The van der Waals surface area contributed by atoms with Gasteiger partial charge in [-0.05, 0) is 17.0 Å². The molecule has 0 fully saturated rings. The smallest absolute Gasteiger partial charge is 0.335 e. The minimum Gasteiger partial charge on any atom is -0.431 e. The first-order valence-electron chi connectivity index (χ1n) is 3.59. The molecule has 11 heavy (non-hydrogen) atoms. The van der Waals surface area contributed by atoms with E-state index < -0.39 is 0 Å². The Morgan fingerprint density at radius 2 is 2.00 bits per heavy atom. The zero-order valence-electron chi connectivity index (χ0n) is 7.05. The highest BCUT2D eigenvalue weighted by Crippen LogP contribution is 2.19. The Balaban J connectivity index is 3.16. The van der Waals surface area contributed by atoms with Gasteiger partial charge < -0.3 is 4.42 Å². The first-order valence-corrected chi connectivity index (χ1v) is 3.59. The molecule has 1 aromatic rings. The van der Waals surface area contributed by atoms with Crippen LogP contribution in [0.1, 0.15) is 26.3 Å². The lowest BCUT2D eigenvalue weighted by molar-refractivity contribution is 0.495. The molecule has 1 rings (SSSR count). The van der Waals surface area contributed by atoms with Crippen LogP contribution in [0.3, 0.4) is 0 Å². The molecule has 2 heteroatoms. The average molecular weight is 152 g/mol. The summed E-state index contributed by atoms with van der Waals surface area (Å²) in [6.45, 7) is 6.17. The van der Waals surface area contributed by atoms with E-state index in [-0.39, 0.29) is 11.0 Å². The molecule has 60 valence electrons. The molecule has 0 radical (unpaired) electrons. The van der Waals surface area contributed by atoms with Crippen molar-refractivity contribution >= 4 is 0 Å². The molecule has 0 N–H and O–H groups in total. The van der Waals surface area contributed by atoms with E-state index in [4.69, 9.17) is 0 Å². The maximum atomic E-state index is 10.8. The molecule has 0 amide bonds. The minimum absolute atomic E-state index is 0.0237. The second-order valence-electron chi connectivity index (χ2n) is 3.59. The lowest BCUT2D eigenvalue weighted by atomic mass is 9.88. The number of hydrogen-bond donors (Lipinski definition) is 0. The van der Waals surface area contributed by atoms with Crippen molar-refractivity contribution in [1.82, 2.24) is 0 Å². The monoisotopic (exact) mass is 152 g/mol. The van der Waals surface area contributed by atoms with Crippen LogP contribution in [-0.4, -0.2) is 0 Å². The first-order chi connectivity index (χ1) is 5.00. The molecular weight excluding hydrogens is 140 g/mol. The van der Waals surface area contributed by atoms with Crippen LogP contribution >= 0.6 is 0 Å². The summed E-state index contributed by atoms with van der Waals surface area (Å²) in [5.74, 6) is 0. The van der Waals surface area contributed by atoms with Crippen LogP contribution in [0.25, 0.3) is 0 Å². The van der Waals surface area contributed by atoms with Crippen LogP contribution in [0.4, 0.5) is 0 Å². The van der Waals surface area contributed by atoms with Crippen LogP contribution < -0.4 is 5.63 Å². The summed E-state index contributed by atoms with van der Waals surface area (Å²) < 4.78 is 4.61. The third-order valence-corrected chi connectivity index (χ3v) is 1.57. The molecule has 0 unspecified atom stereocenters. The van der Waals surface area contributed by atoms with Crippen molar-refractivity contribution < 1.29 is 4.42 Å². The van der Waals surface area contributed by atoms with Gasteiger partial charge in [0.25, 0.3) is 0 Å². The fourth-order valence-corrected chi connectivity index (χ4v) is 0.850. The van der Waals surface area contributed by atoms with Gasteiger partial charge >= 0.3 is 5.63 Å². The van der Waals surface area contributed by atoms with Crippen molar-refractivity contribution in [2.24, 2.45) is 0 Å². The molecule has 0 aliphatic carbocycles. The highest BCUT2D eigenvalue weighted by Gasteiger charge is 2.13. The van der Waals surface area contributed by atoms with Gasteiger partial charge in [0.2, 0.25) is 0 Å². The lowest BCUT2D eigenvalue weighted by Gasteiger charge is -2.17. The maximum Gasteiger partial charge on any atom is 0.335 e. The molecule has 2 nitrogen and oxygen atoms in total. The lowest BCUT2D eigenvalue weighted by Crippen LogP contribution is -2.13. The van der Waals surface area contributed by atoms with Crippen molar-refractivity contribution in [3.63, 3.8) is 0 Å². The third kappa shape index (κ3) is 1.93. The van der Waals surface area contributed by atoms with Crippen LogP contribution in [-0.2, 0) is 5.41 Å². The SMILES string of the molecule is CC(C)(C)c1ccoc(=O)c1. The zero-order chi connectivity index (χ0) is 8.48. The van der Waals surface area contributed by atoms with Crippen molar-refractivity contribution in [2.75, 3.05) is 0 Å². The highest BCUT2D eigenvalue weighted by atomic mass is 16.4. The van der Waals surface area contributed by atoms with Gasteiger partial charge in [0.15, 0.2) is 0 Å². The van der Waals surface area contributed by atoms with Crippen molar-refractivity contribution in [3.05, 3.63) is 34.4 Å². The van der Waals surface area contributed by atoms with Crippen molar-refractivity contribution in [2.45, 2.75) is 26.2 Å². The van der Waals surface area contributed by atoms with Gasteiger partial charge in [-0.2, -0.15) is 0 Å². The Morgan fingerprint density at radius 3 is 2.36 bits per heavy atom. The Labute approximate surface area is 65.9 Å². The zero-order valence-corrected chi connectivity index (χ0v) is 7.05. The van der Waals surface area contributed by atoms with E-state index in [1.807, 2.05) is 6.07 Å². The summed E-state index contributed by atoms with van der Waals surface area (Å²) in [5.41, 5.74) is 0.752. The minimum atomic E-state index is -0.280. The summed E-state index contributed by atoms with van der Waals surface area (Å²) in [7, 11) is 0. The highest BCUT2D eigenvalue weighted by molar-refractivity contribution is 5.17. The predicted octanol–water partition coefficient (Wildman–Crippen LogP) is 1.94. The summed E-state index contributed by atoms with van der Waals surface area (Å²) in [6, 6.07) is 3.35. The molecule has 0 atom stereocenters. The Kier molecular flexibility index (Phi) is 1.85. The number of hydrogen-bond acceptors (Lipinski definition) is 2. The summed E-state index contributed by atoms with van der Waals surface area (Å²) in [6.07, 6.45) is 1.43. The summed E-state index contributed by atoms with van der Waals surface area (Å²) in [5, 5.41) is 0. The van der Waals surface area contributed by atoms with Crippen LogP contribution in [0, 0.1) is 0 Å². The molecule has 0 spiro atoms. The van der Waals surface area contributed by atoms with E-state index in [0.717, 1.165) is 5.56 Å². The van der Waals surface area contributed by atoms with Crippen LogP contribution in [0.2, 0.25) is 0 Å². The van der Waals surface area contributed by atoms with Crippen LogP contribution in [0.15, 0.2) is 27.6 Å². The fraction of sp³-hybridized carbons (Fsp3) is 0.444. The summed E-state index contributed by atoms with van der Waals surface area (Å²) >= 11 is 0. The molecule has 0 saturated carbocycles. The molecule has 0 bridgehead atoms. The van der Waals surface area contributed by atoms with E-state index in [1.54, 1.807) is 0 Å². The van der Waals surface area contributed by atoms with Gasteiger partial charge in [-0.1, -0.05) is 20.8 Å². The van der Waals surface area contributed by atoms with E-state index in [9.17, 15) is 4.79 Å². The Hall–Kier alpha value is -1.05. The second kappa shape index (κ2) is 2.53. The molecule has 0 aliphatic heterocycles. The van der Waals surface area contributed by atoms with E-state index in [1.165, 1.54) is 12.3 Å². The second-order valence-corrected chi connectivity index (χ2v) is 3.59. The topological polar surface area (TPSA) is 30.2 Å². The van der Waals surface area contributed by atoms with E-state index in [2.05, 4.69) is 25.2 Å². The fourth-order valence-electron chi connectivity index (χ4n) is 0.850. The summed E-state index contributed by atoms with van der Waals surface area (Å²) in [4.78, 5) is 10.8. The van der Waals surface area contributed by atoms with Gasteiger partial charge in [-0.25, -0.2) is 4.79 Å².